The van der Waals surface area contributed by atoms with Crippen LogP contribution in [-0.4, -0.2) is 49.5 Å². The van der Waals surface area contributed by atoms with Crippen LogP contribution in [0.2, 0.25) is 0 Å². The molecule has 0 amide bonds. The van der Waals surface area contributed by atoms with Gasteiger partial charge in [0.15, 0.2) is 0 Å². The van der Waals surface area contributed by atoms with Crippen molar-refractivity contribution in [2.45, 2.75) is 11.8 Å². The van der Waals surface area contributed by atoms with Crippen LogP contribution >= 0.6 is 11.6 Å². The maximum atomic E-state index is 6.21. The number of nitrogens with zero attached hydrogens (tertiary/aromatic N) is 2. The van der Waals surface area contributed by atoms with Crippen molar-refractivity contribution in [2.24, 2.45) is 4.99 Å². The molecule has 2 heterocycles. The fraction of sp³-hybridized carbons (Fsp3) is 0.250. The fourth-order valence-corrected chi connectivity index (χ4v) is 4.28. The lowest BCUT2D eigenvalue weighted by Crippen LogP contribution is -2.41. The zero-order valence-electron chi connectivity index (χ0n) is 18.6. The van der Waals surface area contributed by atoms with E-state index in [4.69, 9.17) is 26.1 Å². The third kappa shape index (κ3) is 4.75. The van der Waals surface area contributed by atoms with Gasteiger partial charge >= 0.3 is 0 Å². The average molecular weight is 457 g/mol. The lowest BCUT2D eigenvalue weighted by molar-refractivity contribution is 0.0683. The van der Waals surface area contributed by atoms with Crippen LogP contribution in [0.1, 0.15) is 12.0 Å². The Hall–Kier alpha value is -3.26. The highest BCUT2D eigenvalue weighted by Crippen LogP contribution is 2.29. The number of morpholine rings is 1. The maximum Gasteiger partial charge on any atom is 0.138 e. The Morgan fingerprint density at radius 1 is 1.12 bits per heavy atom. The molecule has 0 saturated carbocycles. The van der Waals surface area contributed by atoms with Crippen molar-refractivity contribution in [3.8, 4) is 5.75 Å². The van der Waals surface area contributed by atoms with Gasteiger partial charge in [-0.05, 0) is 47.9 Å². The summed E-state index contributed by atoms with van der Waals surface area (Å²) in [5.74, 6) is 1.71. The average Bonchev–Trinajstić information content (AvgIpc) is 3.18. The topological polar surface area (TPSA) is 34.1 Å². The number of alkyl halides is 1. The fourth-order valence-electron chi connectivity index (χ4n) is 4.12. The minimum absolute atomic E-state index is 0.0649. The summed E-state index contributed by atoms with van der Waals surface area (Å²) >= 11 is 6.21. The number of hydrogen-bond donors (Lipinski definition) is 0. The molecule has 0 aromatic heterocycles. The van der Waals surface area contributed by atoms with Gasteiger partial charge in [0.1, 0.15) is 17.3 Å². The van der Waals surface area contributed by atoms with Crippen LogP contribution in [0.4, 0.5) is 0 Å². The quantitative estimate of drug-likeness (QED) is 0.452. The molecule has 166 valence electrons. The highest BCUT2D eigenvalue weighted by molar-refractivity contribution is 6.22. The number of methoxy groups -OCH3 is 1. The van der Waals surface area contributed by atoms with Gasteiger partial charge in [-0.1, -0.05) is 42.2 Å². The van der Waals surface area contributed by atoms with Crippen LogP contribution in [0.5, 0.6) is 5.75 Å². The molecule has 0 spiro atoms. The molecule has 4 nitrogen and oxygen atoms in total. The van der Waals surface area contributed by atoms with Gasteiger partial charge in [-0.25, -0.2) is 4.99 Å². The Morgan fingerprint density at radius 2 is 2.00 bits per heavy atom. The molecular weight excluding hydrogens is 432 g/mol. The van der Waals surface area contributed by atoms with Gasteiger partial charge in [0, 0.05) is 29.8 Å². The van der Waals surface area contributed by atoms with Gasteiger partial charge in [-0.3, -0.25) is 0 Å². The monoisotopic (exact) mass is 456 g/mol. The number of aliphatic imine (C=N–C) groups is 1. The first-order valence-corrected chi connectivity index (χ1v) is 11.6. The predicted octanol–water partition coefficient (Wildman–Crippen LogP) is 5.38. The largest absolute Gasteiger partial charge is 0.497 e. The van der Waals surface area contributed by atoms with Crippen LogP contribution in [-0.2, 0) is 4.74 Å². The Bertz CT molecular complexity index is 1240. The predicted molar refractivity (Wildman–Crippen MR) is 134 cm³/mol. The lowest BCUT2D eigenvalue weighted by Gasteiger charge is -2.30. The zero-order chi connectivity index (χ0) is 22.6. The molecule has 0 radical (unpaired) electrons. The van der Waals surface area contributed by atoms with Crippen LogP contribution in [0, 0.1) is 0 Å². The number of halogens is 1. The van der Waals surface area contributed by atoms with Crippen LogP contribution in [0.25, 0.3) is 5.70 Å². The molecule has 0 bridgehead atoms. The normalized spacial score (nSPS) is 22.1. The second-order valence-electron chi connectivity index (χ2n) is 8.08. The first-order valence-electron chi connectivity index (χ1n) is 11.2. The standard InChI is InChI=1S/C28H25ClN2O2/c1-32-25-4-2-3-23(19-25)27-14-10-22-6-5-20(21-7-11-24(29)12-8-21)9-13-26(22)28(30-27)31-15-17-33-18-16-31/h2-5,7-11,13,19,24H,12,15-18H2,1H3. The van der Waals surface area contributed by atoms with E-state index in [-0.39, 0.29) is 5.38 Å². The smallest absolute Gasteiger partial charge is 0.138 e. The number of allylic oxidation sites excluding steroid dienone is 8. The summed E-state index contributed by atoms with van der Waals surface area (Å²) in [6.07, 6.45) is 15.4. The van der Waals surface area contributed by atoms with Crippen molar-refractivity contribution in [1.29, 1.82) is 0 Å². The first kappa shape index (κ1) is 21.6. The number of hydrogen-bond acceptors (Lipinski definition) is 4. The lowest BCUT2D eigenvalue weighted by atomic mass is 9.99. The highest BCUT2D eigenvalue weighted by Gasteiger charge is 2.23. The number of benzene rings is 1. The minimum atomic E-state index is 0.0649. The molecule has 2 aliphatic heterocycles. The summed E-state index contributed by atoms with van der Waals surface area (Å²) in [5, 5.41) is 0.0649. The van der Waals surface area contributed by atoms with Crippen molar-refractivity contribution >= 4 is 23.1 Å². The van der Waals surface area contributed by atoms with Crippen LogP contribution < -0.4 is 4.74 Å². The van der Waals surface area contributed by atoms with Crippen molar-refractivity contribution in [1.82, 2.24) is 4.90 Å². The maximum absolute atomic E-state index is 6.21. The van der Waals surface area contributed by atoms with Crippen molar-refractivity contribution in [3.63, 3.8) is 0 Å². The molecule has 1 atom stereocenters. The Morgan fingerprint density at radius 3 is 2.79 bits per heavy atom. The molecule has 2 aliphatic carbocycles. The van der Waals surface area contributed by atoms with E-state index < -0.39 is 0 Å². The van der Waals surface area contributed by atoms with E-state index in [1.807, 2.05) is 42.5 Å². The van der Waals surface area contributed by atoms with E-state index in [9.17, 15) is 0 Å². The number of amidine groups is 1. The molecule has 1 aromatic rings. The van der Waals surface area contributed by atoms with Crippen molar-refractivity contribution in [2.75, 3.05) is 33.4 Å². The first-order chi connectivity index (χ1) is 16.2. The third-order valence-electron chi connectivity index (χ3n) is 5.95. The van der Waals surface area contributed by atoms with Gasteiger partial charge in [0.05, 0.1) is 25.7 Å². The Kier molecular flexibility index (Phi) is 6.35. The molecule has 4 aliphatic rings. The molecule has 33 heavy (non-hydrogen) atoms. The zero-order valence-corrected chi connectivity index (χ0v) is 19.3. The molecule has 1 aromatic carbocycles. The van der Waals surface area contributed by atoms with E-state index in [1.54, 1.807) is 7.11 Å². The van der Waals surface area contributed by atoms with Crippen LogP contribution in [0.15, 0.2) is 106 Å². The molecule has 1 saturated heterocycles. The Labute approximate surface area is 199 Å². The van der Waals surface area contributed by atoms with Crippen molar-refractivity contribution < 1.29 is 9.47 Å². The van der Waals surface area contributed by atoms with E-state index in [0.29, 0.717) is 13.2 Å². The highest BCUT2D eigenvalue weighted by atomic mass is 35.5. The van der Waals surface area contributed by atoms with E-state index in [2.05, 4.69) is 40.7 Å². The van der Waals surface area contributed by atoms with Crippen LogP contribution in [0.3, 0.4) is 0 Å². The summed E-state index contributed by atoms with van der Waals surface area (Å²) in [5.41, 5.74) is 12.9. The van der Waals surface area contributed by atoms with Gasteiger partial charge in [-0.15, -0.1) is 17.3 Å². The summed E-state index contributed by atoms with van der Waals surface area (Å²) in [7, 11) is 1.67. The summed E-state index contributed by atoms with van der Waals surface area (Å²) in [4.78, 5) is 7.39. The van der Waals surface area contributed by atoms with E-state index in [0.717, 1.165) is 64.6 Å². The summed E-state index contributed by atoms with van der Waals surface area (Å²) in [6, 6.07) is 7.92. The number of fused-ring (bicyclic) bond motifs is 1. The number of ether oxygens (including phenoxy) is 2. The molecular formula is C28H25ClN2O2. The molecule has 0 N–H and O–H groups in total. The summed E-state index contributed by atoms with van der Waals surface area (Å²) in [6.45, 7) is 2.95. The van der Waals surface area contributed by atoms with E-state index in [1.165, 1.54) is 0 Å². The second kappa shape index (κ2) is 9.70. The van der Waals surface area contributed by atoms with Gasteiger partial charge in [0.2, 0.25) is 0 Å². The van der Waals surface area contributed by atoms with Gasteiger partial charge in [-0.2, -0.15) is 0 Å². The molecule has 1 unspecified atom stereocenters. The van der Waals surface area contributed by atoms with E-state index >= 15 is 0 Å². The second-order valence-corrected chi connectivity index (χ2v) is 8.64. The van der Waals surface area contributed by atoms with Crippen molar-refractivity contribution in [3.05, 3.63) is 106 Å². The SMILES string of the molecule is COc1cccc(C2=C=CC3=C=CC(C4=CCC(Cl)C=C4)=CC=C3C(N3CCOCC3)=N2)c1. The summed E-state index contributed by atoms with van der Waals surface area (Å²) < 4.78 is 11.0. The minimum Gasteiger partial charge on any atom is -0.497 e. The van der Waals surface area contributed by atoms with Gasteiger partial charge < -0.3 is 14.4 Å². The number of rotatable bonds is 3. The Balaban J connectivity index is 1.61. The molecule has 5 rings (SSSR count). The molecule has 1 fully saturated rings. The third-order valence-corrected chi connectivity index (χ3v) is 6.27. The van der Waals surface area contributed by atoms with Gasteiger partial charge in [0.25, 0.3) is 0 Å². The molecule has 5 heteroatoms.